The average molecular weight is 234 g/mol. The van der Waals surface area contributed by atoms with Gasteiger partial charge in [0.1, 0.15) is 0 Å². The van der Waals surface area contributed by atoms with Crippen LogP contribution in [0.3, 0.4) is 0 Å². The van der Waals surface area contributed by atoms with Gasteiger partial charge >= 0.3 is 0 Å². The van der Waals surface area contributed by atoms with Crippen LogP contribution in [0.15, 0.2) is 11.6 Å². The van der Waals surface area contributed by atoms with Gasteiger partial charge in [0.25, 0.3) is 0 Å². The van der Waals surface area contributed by atoms with Crippen molar-refractivity contribution in [2.45, 2.75) is 73.1 Å². The van der Waals surface area contributed by atoms with Crippen LogP contribution in [-0.4, -0.2) is 0 Å². The van der Waals surface area contributed by atoms with Crippen molar-refractivity contribution in [3.8, 4) is 0 Å². The number of fused-ring (bicyclic) bond motifs is 2. The molecule has 0 heteroatoms. The lowest BCUT2D eigenvalue weighted by molar-refractivity contribution is 0.0131. The van der Waals surface area contributed by atoms with Crippen LogP contribution in [0, 0.1) is 22.7 Å². The van der Waals surface area contributed by atoms with E-state index in [1.807, 2.05) is 0 Å². The summed E-state index contributed by atoms with van der Waals surface area (Å²) >= 11 is 0. The van der Waals surface area contributed by atoms with Crippen molar-refractivity contribution in [2.24, 2.45) is 22.7 Å². The highest BCUT2D eigenvalue weighted by Crippen LogP contribution is 2.55. The summed E-state index contributed by atoms with van der Waals surface area (Å²) in [4.78, 5) is 0. The zero-order valence-corrected chi connectivity index (χ0v) is 12.5. The molecular formula is C17H30. The SMILES string of the molecule is CCCC(C)(C)C(C)(C)C1CC2=CCC(C2)C1. The van der Waals surface area contributed by atoms with E-state index in [1.54, 1.807) is 5.57 Å². The van der Waals surface area contributed by atoms with Crippen molar-refractivity contribution in [1.29, 1.82) is 0 Å². The normalized spacial score (nSPS) is 29.4. The second-order valence-electron chi connectivity index (χ2n) is 7.66. The number of allylic oxidation sites excluding steroid dienone is 2. The Morgan fingerprint density at radius 3 is 2.47 bits per heavy atom. The summed E-state index contributed by atoms with van der Waals surface area (Å²) in [6, 6.07) is 0. The summed E-state index contributed by atoms with van der Waals surface area (Å²) < 4.78 is 0. The Balaban J connectivity index is 2.12. The maximum atomic E-state index is 2.54. The Hall–Kier alpha value is -0.260. The monoisotopic (exact) mass is 234 g/mol. The molecule has 0 spiro atoms. The molecule has 2 rings (SSSR count). The van der Waals surface area contributed by atoms with Gasteiger partial charge in [-0.1, -0.05) is 52.7 Å². The molecule has 0 N–H and O–H groups in total. The topological polar surface area (TPSA) is 0 Å². The van der Waals surface area contributed by atoms with E-state index < -0.39 is 0 Å². The van der Waals surface area contributed by atoms with Gasteiger partial charge in [0.15, 0.2) is 0 Å². The maximum Gasteiger partial charge on any atom is -0.0271 e. The highest BCUT2D eigenvalue weighted by Gasteiger charge is 2.45. The summed E-state index contributed by atoms with van der Waals surface area (Å²) in [7, 11) is 0. The third-order valence-electron chi connectivity index (χ3n) is 6.06. The predicted octanol–water partition coefficient (Wildman–Crippen LogP) is 5.59. The van der Waals surface area contributed by atoms with E-state index in [1.165, 1.54) is 38.5 Å². The van der Waals surface area contributed by atoms with Gasteiger partial charge in [0, 0.05) is 0 Å². The van der Waals surface area contributed by atoms with Gasteiger partial charge in [-0.3, -0.25) is 0 Å². The van der Waals surface area contributed by atoms with E-state index in [-0.39, 0.29) is 0 Å². The lowest BCUT2D eigenvalue weighted by Gasteiger charge is -2.49. The number of hydrogen-bond acceptors (Lipinski definition) is 0. The van der Waals surface area contributed by atoms with Crippen LogP contribution in [0.1, 0.15) is 73.1 Å². The van der Waals surface area contributed by atoms with Crippen LogP contribution in [0.25, 0.3) is 0 Å². The zero-order chi connectivity index (χ0) is 12.7. The van der Waals surface area contributed by atoms with Crippen molar-refractivity contribution in [1.82, 2.24) is 0 Å². The Morgan fingerprint density at radius 1 is 1.18 bits per heavy atom. The van der Waals surface area contributed by atoms with Gasteiger partial charge in [-0.05, 0) is 54.8 Å². The van der Waals surface area contributed by atoms with E-state index in [0.29, 0.717) is 10.8 Å². The van der Waals surface area contributed by atoms with E-state index in [0.717, 1.165) is 11.8 Å². The molecule has 0 amide bonds. The van der Waals surface area contributed by atoms with Gasteiger partial charge in [0.05, 0.1) is 0 Å². The van der Waals surface area contributed by atoms with Gasteiger partial charge in [-0.15, -0.1) is 0 Å². The van der Waals surface area contributed by atoms with Crippen molar-refractivity contribution in [3.05, 3.63) is 11.6 Å². The zero-order valence-electron chi connectivity index (χ0n) is 12.5. The van der Waals surface area contributed by atoms with Crippen molar-refractivity contribution in [2.75, 3.05) is 0 Å². The molecule has 2 bridgehead atoms. The average Bonchev–Trinajstić information content (AvgIpc) is 2.57. The van der Waals surface area contributed by atoms with Gasteiger partial charge < -0.3 is 0 Å². The first-order chi connectivity index (χ1) is 7.87. The molecule has 0 saturated heterocycles. The summed E-state index contributed by atoms with van der Waals surface area (Å²) in [6.45, 7) is 12.4. The van der Waals surface area contributed by atoms with Gasteiger partial charge in [-0.2, -0.15) is 0 Å². The molecule has 2 aliphatic rings. The van der Waals surface area contributed by atoms with Crippen LogP contribution in [0.5, 0.6) is 0 Å². The highest BCUT2D eigenvalue weighted by atomic mass is 14.5. The van der Waals surface area contributed by atoms with Crippen molar-refractivity contribution >= 4 is 0 Å². The Morgan fingerprint density at radius 2 is 1.88 bits per heavy atom. The van der Waals surface area contributed by atoms with Crippen LogP contribution in [0.4, 0.5) is 0 Å². The van der Waals surface area contributed by atoms with Gasteiger partial charge in [-0.25, -0.2) is 0 Å². The molecule has 0 heterocycles. The summed E-state index contributed by atoms with van der Waals surface area (Å²) in [5.74, 6) is 1.90. The summed E-state index contributed by atoms with van der Waals surface area (Å²) in [6.07, 6.45) is 10.9. The third-order valence-corrected chi connectivity index (χ3v) is 6.06. The van der Waals surface area contributed by atoms with E-state index >= 15 is 0 Å². The Kier molecular flexibility index (Phi) is 3.45. The fourth-order valence-corrected chi connectivity index (χ4v) is 4.07. The smallest absolute Gasteiger partial charge is 0.0271 e. The van der Waals surface area contributed by atoms with E-state index in [2.05, 4.69) is 40.7 Å². The molecule has 1 saturated carbocycles. The first kappa shape index (κ1) is 13.2. The summed E-state index contributed by atoms with van der Waals surface area (Å²) in [5, 5.41) is 0. The Labute approximate surface area is 108 Å². The molecule has 2 aliphatic carbocycles. The highest BCUT2D eigenvalue weighted by molar-refractivity contribution is 5.16. The minimum atomic E-state index is 0.476. The van der Waals surface area contributed by atoms with Crippen LogP contribution >= 0.6 is 0 Å². The standard InChI is InChI=1S/C17H30/c1-6-9-16(2,3)17(4,5)15-11-13-7-8-14(10-13)12-15/h7,14-15H,6,8-12H2,1-5H3. The van der Waals surface area contributed by atoms with Gasteiger partial charge in [0.2, 0.25) is 0 Å². The second-order valence-corrected chi connectivity index (χ2v) is 7.66. The molecule has 2 atom stereocenters. The molecule has 0 aliphatic heterocycles. The third kappa shape index (κ3) is 2.33. The fourth-order valence-electron chi connectivity index (χ4n) is 4.07. The van der Waals surface area contributed by atoms with E-state index in [9.17, 15) is 0 Å². The quantitative estimate of drug-likeness (QED) is 0.557. The summed E-state index contributed by atoms with van der Waals surface area (Å²) in [5.41, 5.74) is 2.72. The maximum absolute atomic E-state index is 2.54. The van der Waals surface area contributed by atoms with Crippen molar-refractivity contribution in [3.63, 3.8) is 0 Å². The largest absolute Gasteiger partial charge is 0.0850 e. The fraction of sp³-hybridized carbons (Fsp3) is 0.882. The Bertz CT molecular complexity index is 306. The molecule has 2 unspecified atom stereocenters. The second kappa shape index (κ2) is 4.44. The van der Waals surface area contributed by atoms with E-state index in [4.69, 9.17) is 0 Å². The first-order valence-corrected chi connectivity index (χ1v) is 7.54. The molecule has 0 aromatic rings. The molecule has 0 nitrogen and oxygen atoms in total. The van der Waals surface area contributed by atoms with Crippen LogP contribution in [-0.2, 0) is 0 Å². The van der Waals surface area contributed by atoms with Crippen LogP contribution < -0.4 is 0 Å². The van der Waals surface area contributed by atoms with Crippen LogP contribution in [0.2, 0.25) is 0 Å². The molecule has 1 fully saturated rings. The lowest BCUT2D eigenvalue weighted by atomic mass is 9.56. The lowest BCUT2D eigenvalue weighted by Crippen LogP contribution is -2.41. The van der Waals surface area contributed by atoms with Crippen molar-refractivity contribution < 1.29 is 0 Å². The molecular weight excluding hydrogens is 204 g/mol. The molecule has 98 valence electrons. The number of hydrogen-bond donors (Lipinski definition) is 0. The molecule has 0 aromatic heterocycles. The minimum Gasteiger partial charge on any atom is -0.0850 e. The molecule has 17 heavy (non-hydrogen) atoms. The first-order valence-electron chi connectivity index (χ1n) is 7.54. The number of rotatable bonds is 4. The minimum absolute atomic E-state index is 0.476. The molecule has 0 radical (unpaired) electrons. The predicted molar refractivity (Wildman–Crippen MR) is 76.0 cm³/mol. The molecule has 0 aromatic carbocycles.